The smallest absolute Gasteiger partial charge is 0.407 e. The van der Waals surface area contributed by atoms with Crippen LogP contribution in [0.2, 0.25) is 0 Å². The maximum Gasteiger partial charge on any atom is 0.407 e. The van der Waals surface area contributed by atoms with E-state index in [2.05, 4.69) is 57.0 Å². The van der Waals surface area contributed by atoms with Gasteiger partial charge in [-0.05, 0) is 90.4 Å². The highest BCUT2D eigenvalue weighted by atomic mass is 16.5. The summed E-state index contributed by atoms with van der Waals surface area (Å²) < 4.78 is 16.8. The van der Waals surface area contributed by atoms with Crippen molar-refractivity contribution in [1.82, 2.24) is 40.4 Å². The zero-order chi connectivity index (χ0) is 46.2. The Labute approximate surface area is 384 Å². The number of nitrogens with one attached hydrogen (secondary N) is 4. The minimum absolute atomic E-state index is 0.0285. The maximum atomic E-state index is 14.3. The van der Waals surface area contributed by atoms with E-state index < -0.39 is 18.2 Å². The van der Waals surface area contributed by atoms with E-state index in [0.29, 0.717) is 44.4 Å². The van der Waals surface area contributed by atoms with Gasteiger partial charge in [-0.3, -0.25) is 14.4 Å². The fourth-order valence-corrected chi connectivity index (χ4v) is 9.58. The highest BCUT2D eigenvalue weighted by Crippen LogP contribution is 2.44. The molecule has 1 unspecified atom stereocenters. The van der Waals surface area contributed by atoms with Crippen molar-refractivity contribution in [1.29, 1.82) is 0 Å². The molecule has 2 fully saturated rings. The number of likely N-dealkylation sites (tertiary alicyclic amines) is 1. The van der Waals surface area contributed by atoms with Crippen LogP contribution in [0, 0.1) is 17.8 Å². The number of benzene rings is 4. The van der Waals surface area contributed by atoms with Crippen LogP contribution >= 0.6 is 0 Å². The number of fused-ring (bicyclic) bond motifs is 6. The number of carbonyl (C=O) groups excluding carboxylic acids is 4. The van der Waals surface area contributed by atoms with E-state index in [1.807, 2.05) is 73.9 Å². The van der Waals surface area contributed by atoms with Gasteiger partial charge in [-0.1, -0.05) is 69.3 Å². The molecule has 66 heavy (non-hydrogen) atoms. The number of carbonyl (C=O) groups is 4. The predicted octanol–water partition coefficient (Wildman–Crippen LogP) is 8.15. The van der Waals surface area contributed by atoms with Crippen molar-refractivity contribution in [2.75, 3.05) is 33.9 Å². The van der Waals surface area contributed by atoms with Crippen LogP contribution in [0.15, 0.2) is 79.0 Å². The SMILES string of the molecule is CCCN(C(=O)[C@H](NC(=O)C1CC1)c1ccccc1)[C@@H](C)c1ncc(-c2ccc3c(c2)COc2cc4c(ccc5nc([C@@H]6CC(COC)CN6C(=O)[C@@H](NC(=O)OC)C(C)C)[nH]c54)cc2-3)[nH]1. The van der Waals surface area contributed by atoms with E-state index in [1.54, 1.807) is 13.3 Å². The van der Waals surface area contributed by atoms with Crippen LogP contribution in [0.25, 0.3) is 44.2 Å². The lowest BCUT2D eigenvalue weighted by Gasteiger charge is -2.32. The van der Waals surface area contributed by atoms with Crippen molar-refractivity contribution >= 4 is 45.6 Å². The standard InChI is InChI=1S/C51H58N8O7/c1-7-19-58(50(62)44(31-11-9-8-10-12-31)56-48(60)32-13-14-32)29(4)46-52-24-40(54-46)34-15-17-36-35(21-34)27-66-42-23-37-33(22-38(36)42)16-18-39-45(37)55-47(53-39)41-20-30(26-64-5)25-59(41)49(61)43(28(2)3)57-51(63)65-6/h8-12,15-18,21-24,28-30,32,41,43-44H,7,13-14,19-20,25-27H2,1-6H3,(H,52,54)(H,53,55)(H,56,60)(H,57,63)/t29-,30?,41-,43-,44+/m0/s1. The van der Waals surface area contributed by atoms with Gasteiger partial charge in [-0.15, -0.1) is 0 Å². The van der Waals surface area contributed by atoms with Crippen molar-refractivity contribution in [3.05, 3.63) is 102 Å². The molecule has 4 N–H and O–H groups in total. The van der Waals surface area contributed by atoms with Gasteiger partial charge < -0.3 is 44.6 Å². The molecule has 344 valence electrons. The number of nitrogens with zero attached hydrogens (tertiary/aromatic N) is 4. The van der Waals surface area contributed by atoms with E-state index in [1.165, 1.54) is 7.11 Å². The molecule has 1 aliphatic carbocycles. The highest BCUT2D eigenvalue weighted by Gasteiger charge is 2.42. The van der Waals surface area contributed by atoms with Gasteiger partial charge >= 0.3 is 6.09 Å². The minimum atomic E-state index is -0.789. The van der Waals surface area contributed by atoms with Crippen LogP contribution < -0.4 is 15.4 Å². The van der Waals surface area contributed by atoms with Gasteiger partial charge in [0.25, 0.3) is 0 Å². The van der Waals surface area contributed by atoms with Crippen LogP contribution in [-0.4, -0.2) is 93.5 Å². The largest absolute Gasteiger partial charge is 0.488 e. The third-order valence-corrected chi connectivity index (χ3v) is 13.3. The number of aromatic nitrogens is 4. The van der Waals surface area contributed by atoms with Crippen molar-refractivity contribution in [3.63, 3.8) is 0 Å². The van der Waals surface area contributed by atoms with Gasteiger partial charge in [-0.25, -0.2) is 14.8 Å². The molecular weight excluding hydrogens is 837 g/mol. The molecule has 0 radical (unpaired) electrons. The first-order valence-electron chi connectivity index (χ1n) is 23.0. The number of hydrogen-bond acceptors (Lipinski definition) is 9. The quantitative estimate of drug-likeness (QED) is 0.0790. The first-order chi connectivity index (χ1) is 32.0. The van der Waals surface area contributed by atoms with E-state index in [0.717, 1.165) is 80.3 Å². The maximum absolute atomic E-state index is 14.3. The number of alkyl carbamates (subject to hydrolysis) is 1. The molecule has 2 aromatic heterocycles. The third-order valence-electron chi connectivity index (χ3n) is 13.3. The summed E-state index contributed by atoms with van der Waals surface area (Å²) in [5, 5.41) is 7.75. The van der Waals surface area contributed by atoms with Gasteiger partial charge in [0.15, 0.2) is 0 Å². The molecule has 4 aromatic carbocycles. The lowest BCUT2D eigenvalue weighted by Crippen LogP contribution is -2.51. The first-order valence-corrected chi connectivity index (χ1v) is 23.0. The van der Waals surface area contributed by atoms with Crippen LogP contribution in [-0.2, 0) is 30.5 Å². The summed E-state index contributed by atoms with van der Waals surface area (Å²) in [6.45, 7) is 9.64. The first kappa shape index (κ1) is 44.5. The molecule has 4 amide bonds. The number of rotatable bonds is 15. The summed E-state index contributed by atoms with van der Waals surface area (Å²) in [6.07, 6.45) is 4.26. The predicted molar refractivity (Wildman–Crippen MR) is 250 cm³/mol. The molecule has 4 heterocycles. The van der Waals surface area contributed by atoms with Crippen molar-refractivity contribution in [2.45, 2.75) is 84.2 Å². The van der Waals surface area contributed by atoms with E-state index in [4.69, 9.17) is 24.2 Å². The molecular formula is C51H58N8O7. The van der Waals surface area contributed by atoms with Gasteiger partial charge in [-0.2, -0.15) is 0 Å². The Hall–Kier alpha value is -6.74. The fourth-order valence-electron chi connectivity index (χ4n) is 9.58. The van der Waals surface area contributed by atoms with Crippen molar-refractivity contribution in [2.24, 2.45) is 17.8 Å². The number of methoxy groups -OCH3 is 2. The summed E-state index contributed by atoms with van der Waals surface area (Å²) in [5.41, 5.74) is 7.24. The molecule has 15 nitrogen and oxygen atoms in total. The second-order valence-corrected chi connectivity index (χ2v) is 18.2. The van der Waals surface area contributed by atoms with E-state index in [9.17, 15) is 19.2 Å². The Bertz CT molecular complexity index is 2780. The summed E-state index contributed by atoms with van der Waals surface area (Å²) >= 11 is 0. The van der Waals surface area contributed by atoms with Crippen LogP contribution in [0.5, 0.6) is 5.75 Å². The molecule has 1 saturated heterocycles. The van der Waals surface area contributed by atoms with Gasteiger partial charge in [0.05, 0.1) is 48.7 Å². The normalized spacial score (nSPS) is 18.0. The van der Waals surface area contributed by atoms with Crippen LogP contribution in [0.3, 0.4) is 0 Å². The summed E-state index contributed by atoms with van der Waals surface area (Å²) in [4.78, 5) is 74.1. The van der Waals surface area contributed by atoms with Crippen LogP contribution in [0.1, 0.15) is 94.3 Å². The Morgan fingerprint density at radius 1 is 0.955 bits per heavy atom. The molecule has 6 aromatic rings. The van der Waals surface area contributed by atoms with Crippen molar-refractivity contribution in [3.8, 4) is 28.1 Å². The molecule has 15 heteroatoms. The average molecular weight is 895 g/mol. The number of amides is 4. The third kappa shape index (κ3) is 8.71. The molecule has 1 saturated carbocycles. The summed E-state index contributed by atoms with van der Waals surface area (Å²) in [5.74, 6) is 1.57. The Morgan fingerprint density at radius 2 is 1.76 bits per heavy atom. The van der Waals surface area contributed by atoms with Gasteiger partial charge in [0, 0.05) is 43.0 Å². The summed E-state index contributed by atoms with van der Waals surface area (Å²) in [7, 11) is 2.95. The number of imidazole rings is 2. The second-order valence-electron chi connectivity index (χ2n) is 18.2. The summed E-state index contributed by atoms with van der Waals surface area (Å²) in [6, 6.07) is 21.8. The monoisotopic (exact) mass is 894 g/mol. The lowest BCUT2D eigenvalue weighted by molar-refractivity contribution is -0.139. The van der Waals surface area contributed by atoms with Gasteiger partial charge in [0.2, 0.25) is 17.7 Å². The topological polar surface area (TPSA) is 184 Å². The van der Waals surface area contributed by atoms with Crippen molar-refractivity contribution < 1.29 is 33.4 Å². The zero-order valence-corrected chi connectivity index (χ0v) is 38.4. The Balaban J connectivity index is 0.963. The Kier molecular flexibility index (Phi) is 12.5. The average Bonchev–Trinajstić information content (AvgIpc) is 3.68. The van der Waals surface area contributed by atoms with E-state index in [-0.39, 0.29) is 47.6 Å². The van der Waals surface area contributed by atoms with E-state index >= 15 is 0 Å². The number of hydrogen-bond donors (Lipinski definition) is 4. The number of ether oxygens (including phenoxy) is 3. The highest BCUT2D eigenvalue weighted by molar-refractivity contribution is 6.07. The molecule has 5 atom stereocenters. The number of H-pyrrole nitrogens is 2. The molecule has 2 aliphatic heterocycles. The molecule has 3 aliphatic rings. The second kappa shape index (κ2) is 18.6. The molecule has 0 bridgehead atoms. The molecule has 0 spiro atoms. The van der Waals surface area contributed by atoms with Gasteiger partial charge in [0.1, 0.15) is 36.1 Å². The zero-order valence-electron chi connectivity index (χ0n) is 38.4. The Morgan fingerprint density at radius 3 is 2.48 bits per heavy atom. The lowest BCUT2D eigenvalue weighted by atomic mass is 9.92. The minimum Gasteiger partial charge on any atom is -0.488 e. The number of aromatic amines is 2. The van der Waals surface area contributed by atoms with Crippen LogP contribution in [0.4, 0.5) is 4.79 Å². The molecule has 9 rings (SSSR count). The fraction of sp³-hybridized carbons (Fsp3) is 0.412.